The molecule has 3 rings (SSSR count). The van der Waals surface area contributed by atoms with Gasteiger partial charge in [-0.15, -0.1) is 11.3 Å². The maximum absolute atomic E-state index is 13.1. The van der Waals surface area contributed by atoms with Gasteiger partial charge in [0.2, 0.25) is 5.91 Å². The van der Waals surface area contributed by atoms with Gasteiger partial charge < -0.3 is 19.7 Å². The standard InChI is InChI=1S/C19H23N3O4S/c1-25-16-9-14(19(24)22-6-4-3-5-7-22)15(10-17(16)26-2)21-18(23)8-13-11-27-12-20-13/h9-12H,3-8H2,1-2H3,(H,21,23). The number of hydrogen-bond donors (Lipinski definition) is 1. The molecule has 27 heavy (non-hydrogen) atoms. The summed E-state index contributed by atoms with van der Waals surface area (Å²) in [4.78, 5) is 31.4. The molecule has 8 heteroatoms. The maximum atomic E-state index is 13.1. The molecule has 0 spiro atoms. The highest BCUT2D eigenvalue weighted by molar-refractivity contribution is 7.07. The number of nitrogens with one attached hydrogen (secondary N) is 1. The first-order chi connectivity index (χ1) is 13.1. The average molecular weight is 389 g/mol. The Bertz CT molecular complexity index is 802. The summed E-state index contributed by atoms with van der Waals surface area (Å²) < 4.78 is 10.7. The second-order valence-electron chi connectivity index (χ2n) is 6.31. The van der Waals surface area contributed by atoms with E-state index in [2.05, 4.69) is 10.3 Å². The summed E-state index contributed by atoms with van der Waals surface area (Å²) in [6, 6.07) is 3.27. The first-order valence-electron chi connectivity index (χ1n) is 8.84. The molecule has 0 aliphatic carbocycles. The zero-order valence-electron chi connectivity index (χ0n) is 15.5. The van der Waals surface area contributed by atoms with E-state index in [-0.39, 0.29) is 18.2 Å². The van der Waals surface area contributed by atoms with Gasteiger partial charge in [-0.1, -0.05) is 0 Å². The number of rotatable bonds is 6. The molecule has 0 bridgehead atoms. The molecule has 2 heterocycles. The predicted molar refractivity (Wildman–Crippen MR) is 104 cm³/mol. The number of nitrogens with zero attached hydrogens (tertiary/aromatic N) is 2. The molecule has 1 N–H and O–H groups in total. The van der Waals surface area contributed by atoms with Gasteiger partial charge in [-0.25, -0.2) is 4.98 Å². The largest absolute Gasteiger partial charge is 0.493 e. The van der Waals surface area contributed by atoms with E-state index in [0.717, 1.165) is 32.4 Å². The number of ether oxygens (including phenoxy) is 2. The fourth-order valence-electron chi connectivity index (χ4n) is 3.11. The van der Waals surface area contributed by atoms with Crippen molar-refractivity contribution in [3.05, 3.63) is 34.3 Å². The Hall–Kier alpha value is -2.61. The first-order valence-corrected chi connectivity index (χ1v) is 9.79. The van der Waals surface area contributed by atoms with E-state index < -0.39 is 0 Å². The lowest BCUT2D eigenvalue weighted by Gasteiger charge is -2.28. The highest BCUT2D eigenvalue weighted by atomic mass is 32.1. The lowest BCUT2D eigenvalue weighted by molar-refractivity contribution is -0.115. The minimum absolute atomic E-state index is 0.111. The van der Waals surface area contributed by atoms with E-state index in [0.29, 0.717) is 28.4 Å². The number of aromatic nitrogens is 1. The van der Waals surface area contributed by atoms with Gasteiger partial charge in [0, 0.05) is 24.5 Å². The highest BCUT2D eigenvalue weighted by Crippen LogP contribution is 2.34. The topological polar surface area (TPSA) is 80.8 Å². The van der Waals surface area contributed by atoms with Gasteiger partial charge in [-0.3, -0.25) is 9.59 Å². The third-order valence-electron chi connectivity index (χ3n) is 4.50. The Morgan fingerprint density at radius 2 is 1.85 bits per heavy atom. The van der Waals surface area contributed by atoms with Crippen LogP contribution >= 0.6 is 11.3 Å². The van der Waals surface area contributed by atoms with Crippen LogP contribution in [0.5, 0.6) is 11.5 Å². The molecule has 1 saturated heterocycles. The summed E-state index contributed by atoms with van der Waals surface area (Å²) in [6.45, 7) is 1.44. The number of hydrogen-bond acceptors (Lipinski definition) is 6. The van der Waals surface area contributed by atoms with E-state index in [4.69, 9.17) is 9.47 Å². The minimum atomic E-state index is -0.235. The summed E-state index contributed by atoms with van der Waals surface area (Å²) in [5.41, 5.74) is 3.20. The van der Waals surface area contributed by atoms with Crippen LogP contribution in [0, 0.1) is 0 Å². The third-order valence-corrected chi connectivity index (χ3v) is 5.13. The second kappa shape index (κ2) is 8.85. The minimum Gasteiger partial charge on any atom is -0.493 e. The Kier molecular flexibility index (Phi) is 6.28. The SMILES string of the molecule is COc1cc(NC(=O)Cc2cscn2)c(C(=O)N2CCCCC2)cc1OC. The van der Waals surface area contributed by atoms with E-state index in [1.807, 2.05) is 10.3 Å². The van der Waals surface area contributed by atoms with Crippen LogP contribution in [0.3, 0.4) is 0 Å². The summed E-state index contributed by atoms with van der Waals surface area (Å²) in [5, 5.41) is 4.66. The second-order valence-corrected chi connectivity index (χ2v) is 7.03. The number of benzene rings is 1. The van der Waals surface area contributed by atoms with Gasteiger partial charge in [0.25, 0.3) is 5.91 Å². The predicted octanol–water partition coefficient (Wildman–Crippen LogP) is 2.97. The van der Waals surface area contributed by atoms with Crippen LogP contribution in [-0.2, 0) is 11.2 Å². The van der Waals surface area contributed by atoms with E-state index in [1.54, 1.807) is 17.6 Å². The van der Waals surface area contributed by atoms with E-state index in [1.165, 1.54) is 25.6 Å². The van der Waals surface area contributed by atoms with Gasteiger partial charge in [-0.2, -0.15) is 0 Å². The highest BCUT2D eigenvalue weighted by Gasteiger charge is 2.24. The summed E-state index contributed by atoms with van der Waals surface area (Å²) in [6.07, 6.45) is 3.26. The van der Waals surface area contributed by atoms with Crippen LogP contribution in [0.15, 0.2) is 23.0 Å². The van der Waals surface area contributed by atoms with Crippen molar-refractivity contribution in [2.75, 3.05) is 32.6 Å². The maximum Gasteiger partial charge on any atom is 0.256 e. The van der Waals surface area contributed by atoms with Crippen molar-refractivity contribution in [2.45, 2.75) is 25.7 Å². The Labute approximate surface area is 162 Å². The van der Waals surface area contributed by atoms with Crippen LogP contribution in [-0.4, -0.2) is 49.0 Å². The Balaban J connectivity index is 1.89. The monoisotopic (exact) mass is 389 g/mol. The lowest BCUT2D eigenvalue weighted by Crippen LogP contribution is -2.36. The molecule has 0 atom stereocenters. The van der Waals surface area contributed by atoms with Crippen LogP contribution in [0.25, 0.3) is 0 Å². The zero-order valence-corrected chi connectivity index (χ0v) is 16.3. The average Bonchev–Trinajstić information content (AvgIpc) is 3.20. The number of likely N-dealkylation sites (tertiary alicyclic amines) is 1. The lowest BCUT2D eigenvalue weighted by atomic mass is 10.1. The molecule has 0 unspecified atom stereocenters. The van der Waals surface area contributed by atoms with Gasteiger partial charge >= 0.3 is 0 Å². The van der Waals surface area contributed by atoms with Crippen molar-refractivity contribution < 1.29 is 19.1 Å². The van der Waals surface area contributed by atoms with E-state index >= 15 is 0 Å². The molecule has 1 aliphatic rings. The molecule has 0 saturated carbocycles. The fraction of sp³-hybridized carbons (Fsp3) is 0.421. The van der Waals surface area contributed by atoms with Gasteiger partial charge in [0.15, 0.2) is 11.5 Å². The molecule has 2 aromatic rings. The molecule has 144 valence electrons. The van der Waals surface area contributed by atoms with Crippen LogP contribution < -0.4 is 14.8 Å². The van der Waals surface area contributed by atoms with Crippen molar-refractivity contribution in [1.82, 2.24) is 9.88 Å². The molecular weight excluding hydrogens is 366 g/mol. The molecular formula is C19H23N3O4S. The molecule has 0 radical (unpaired) electrons. The summed E-state index contributed by atoms with van der Waals surface area (Å²) in [7, 11) is 3.04. The number of methoxy groups -OCH3 is 2. The van der Waals surface area contributed by atoms with Crippen molar-refractivity contribution in [2.24, 2.45) is 0 Å². The Morgan fingerprint density at radius 3 is 2.48 bits per heavy atom. The zero-order chi connectivity index (χ0) is 19.2. The smallest absolute Gasteiger partial charge is 0.256 e. The van der Waals surface area contributed by atoms with E-state index in [9.17, 15) is 9.59 Å². The quantitative estimate of drug-likeness (QED) is 0.822. The fourth-order valence-corrected chi connectivity index (χ4v) is 3.67. The number of amides is 2. The number of anilines is 1. The normalized spacial score (nSPS) is 13.9. The molecule has 1 fully saturated rings. The van der Waals surface area contributed by atoms with Gasteiger partial charge in [0.1, 0.15) is 0 Å². The Morgan fingerprint density at radius 1 is 1.15 bits per heavy atom. The van der Waals surface area contributed by atoms with Crippen molar-refractivity contribution in [3.63, 3.8) is 0 Å². The van der Waals surface area contributed by atoms with Crippen LogP contribution in [0.1, 0.15) is 35.3 Å². The molecule has 1 aromatic heterocycles. The van der Waals surface area contributed by atoms with Gasteiger partial charge in [0.05, 0.1) is 43.1 Å². The van der Waals surface area contributed by atoms with Gasteiger partial charge in [-0.05, 0) is 25.3 Å². The van der Waals surface area contributed by atoms with Crippen LogP contribution in [0.4, 0.5) is 5.69 Å². The molecule has 7 nitrogen and oxygen atoms in total. The van der Waals surface area contributed by atoms with Crippen molar-refractivity contribution in [1.29, 1.82) is 0 Å². The number of thiazole rings is 1. The molecule has 1 aromatic carbocycles. The van der Waals surface area contributed by atoms with Crippen molar-refractivity contribution >= 4 is 28.8 Å². The first kappa shape index (κ1) is 19.2. The third kappa shape index (κ3) is 4.57. The number of carbonyl (C=O) groups is 2. The molecule has 1 aliphatic heterocycles. The summed E-state index contributed by atoms with van der Waals surface area (Å²) in [5.74, 6) is 0.562. The summed E-state index contributed by atoms with van der Waals surface area (Å²) >= 11 is 1.44. The molecule has 2 amide bonds. The van der Waals surface area contributed by atoms with Crippen molar-refractivity contribution in [3.8, 4) is 11.5 Å². The van der Waals surface area contributed by atoms with Crippen LogP contribution in [0.2, 0.25) is 0 Å². The number of piperidine rings is 1. The number of carbonyl (C=O) groups excluding carboxylic acids is 2.